The number of aryl methyl sites for hydroxylation is 2. The molecule has 1 atom stereocenters. The Morgan fingerprint density at radius 2 is 2.33 bits per heavy atom. The minimum atomic E-state index is 0.358. The summed E-state index contributed by atoms with van der Waals surface area (Å²) in [4.78, 5) is 9.18. The van der Waals surface area contributed by atoms with Crippen molar-refractivity contribution in [1.82, 2.24) is 14.5 Å². The Hall–Kier alpha value is -1.33. The number of aromatic nitrogens is 3. The fourth-order valence-corrected chi connectivity index (χ4v) is 2.97. The van der Waals surface area contributed by atoms with E-state index in [-0.39, 0.29) is 0 Å². The zero-order chi connectivity index (χ0) is 14.7. The van der Waals surface area contributed by atoms with Crippen molar-refractivity contribution in [2.45, 2.75) is 38.3 Å². The molecule has 0 aliphatic carbocycles. The molecule has 0 bridgehead atoms. The monoisotopic (exact) mass is 309 g/mol. The van der Waals surface area contributed by atoms with Crippen LogP contribution < -0.4 is 4.74 Å². The predicted octanol–water partition coefficient (Wildman–Crippen LogP) is 2.79. The highest BCUT2D eigenvalue weighted by Crippen LogP contribution is 2.22. The van der Waals surface area contributed by atoms with Gasteiger partial charge in [0, 0.05) is 31.5 Å². The van der Waals surface area contributed by atoms with Gasteiger partial charge in [0.15, 0.2) is 5.65 Å². The summed E-state index contributed by atoms with van der Waals surface area (Å²) in [6.45, 7) is 1.74. The standard InChI is InChI=1S/C15H20ClN3O2/c1-20-14-5-4-12-15(18-14)19(13(17-12)6-8-16)9-7-11-3-2-10-21-11/h4-5,11H,2-3,6-10H2,1H3. The van der Waals surface area contributed by atoms with Gasteiger partial charge in [0.1, 0.15) is 11.3 Å². The fraction of sp³-hybridized carbons (Fsp3) is 0.600. The van der Waals surface area contributed by atoms with Crippen molar-refractivity contribution in [3.63, 3.8) is 0 Å². The summed E-state index contributed by atoms with van der Waals surface area (Å²) in [5.74, 6) is 2.15. The summed E-state index contributed by atoms with van der Waals surface area (Å²) < 4.78 is 13.1. The molecule has 0 N–H and O–H groups in total. The fourth-order valence-electron chi connectivity index (χ4n) is 2.80. The van der Waals surface area contributed by atoms with Crippen molar-refractivity contribution in [3.8, 4) is 5.88 Å². The van der Waals surface area contributed by atoms with Crippen LogP contribution in [0.3, 0.4) is 0 Å². The highest BCUT2D eigenvalue weighted by Gasteiger charge is 2.18. The lowest BCUT2D eigenvalue weighted by Crippen LogP contribution is -2.12. The number of rotatable bonds is 6. The number of hydrogen-bond acceptors (Lipinski definition) is 4. The van der Waals surface area contributed by atoms with E-state index in [4.69, 9.17) is 21.1 Å². The highest BCUT2D eigenvalue weighted by atomic mass is 35.5. The van der Waals surface area contributed by atoms with Gasteiger partial charge in [-0.1, -0.05) is 0 Å². The number of methoxy groups -OCH3 is 1. The second-order valence-electron chi connectivity index (χ2n) is 5.24. The van der Waals surface area contributed by atoms with Gasteiger partial charge >= 0.3 is 0 Å². The molecule has 2 aromatic heterocycles. The first-order valence-corrected chi connectivity index (χ1v) is 7.93. The smallest absolute Gasteiger partial charge is 0.215 e. The summed E-state index contributed by atoms with van der Waals surface area (Å²) >= 11 is 5.90. The van der Waals surface area contributed by atoms with Crippen molar-refractivity contribution in [2.24, 2.45) is 0 Å². The number of ether oxygens (including phenoxy) is 2. The number of fused-ring (bicyclic) bond motifs is 1. The normalized spacial score (nSPS) is 18.5. The van der Waals surface area contributed by atoms with Gasteiger partial charge in [-0.15, -0.1) is 11.6 Å². The topological polar surface area (TPSA) is 49.2 Å². The molecule has 0 spiro atoms. The van der Waals surface area contributed by atoms with Gasteiger partial charge in [0.05, 0.1) is 13.2 Å². The second kappa shape index (κ2) is 6.62. The Bertz CT molecular complexity index is 608. The van der Waals surface area contributed by atoms with Crippen molar-refractivity contribution in [1.29, 1.82) is 0 Å². The molecule has 1 unspecified atom stereocenters. The van der Waals surface area contributed by atoms with E-state index in [0.29, 0.717) is 17.9 Å². The number of halogens is 1. The molecule has 0 aromatic carbocycles. The second-order valence-corrected chi connectivity index (χ2v) is 5.62. The van der Waals surface area contributed by atoms with E-state index < -0.39 is 0 Å². The Labute approximate surface area is 129 Å². The van der Waals surface area contributed by atoms with Gasteiger partial charge in [-0.25, -0.2) is 4.98 Å². The zero-order valence-corrected chi connectivity index (χ0v) is 13.0. The first kappa shape index (κ1) is 14.6. The lowest BCUT2D eigenvalue weighted by atomic mass is 10.2. The molecule has 0 amide bonds. The number of imidazole rings is 1. The molecular weight excluding hydrogens is 290 g/mol. The molecule has 3 rings (SSSR count). The van der Waals surface area contributed by atoms with E-state index in [1.807, 2.05) is 12.1 Å². The summed E-state index contributed by atoms with van der Waals surface area (Å²) in [7, 11) is 1.63. The lowest BCUT2D eigenvalue weighted by Gasteiger charge is -2.12. The van der Waals surface area contributed by atoms with Crippen LogP contribution in [0.25, 0.3) is 11.2 Å². The third-order valence-electron chi connectivity index (χ3n) is 3.87. The van der Waals surface area contributed by atoms with Crippen LogP contribution >= 0.6 is 11.6 Å². The van der Waals surface area contributed by atoms with Gasteiger partial charge in [0.25, 0.3) is 0 Å². The van der Waals surface area contributed by atoms with Crippen LogP contribution in [0.2, 0.25) is 0 Å². The van der Waals surface area contributed by atoms with Crippen LogP contribution in [0, 0.1) is 0 Å². The number of hydrogen-bond donors (Lipinski definition) is 0. The zero-order valence-electron chi connectivity index (χ0n) is 12.2. The maximum Gasteiger partial charge on any atom is 0.215 e. The van der Waals surface area contributed by atoms with Crippen molar-refractivity contribution >= 4 is 22.8 Å². The van der Waals surface area contributed by atoms with Gasteiger partial charge in [-0.05, 0) is 25.3 Å². The highest BCUT2D eigenvalue weighted by molar-refractivity contribution is 6.17. The minimum Gasteiger partial charge on any atom is -0.481 e. The van der Waals surface area contributed by atoms with Crippen LogP contribution in [0.1, 0.15) is 25.1 Å². The molecule has 21 heavy (non-hydrogen) atoms. The van der Waals surface area contributed by atoms with Crippen LogP contribution in [-0.4, -0.2) is 40.2 Å². The molecule has 1 saturated heterocycles. The molecule has 0 radical (unpaired) electrons. The molecule has 1 fully saturated rings. The van der Waals surface area contributed by atoms with Crippen LogP contribution in [-0.2, 0) is 17.7 Å². The van der Waals surface area contributed by atoms with E-state index in [2.05, 4.69) is 14.5 Å². The van der Waals surface area contributed by atoms with E-state index in [1.165, 1.54) is 0 Å². The SMILES string of the molecule is COc1ccc2nc(CCCl)n(CCC3CCCO3)c2n1. The molecule has 1 aliphatic rings. The van der Waals surface area contributed by atoms with Crippen LogP contribution in [0.5, 0.6) is 5.88 Å². The molecule has 0 saturated carbocycles. The number of nitrogens with zero attached hydrogens (tertiary/aromatic N) is 3. The molecule has 1 aliphatic heterocycles. The first-order valence-electron chi connectivity index (χ1n) is 7.39. The van der Waals surface area contributed by atoms with Crippen LogP contribution in [0.4, 0.5) is 0 Å². The van der Waals surface area contributed by atoms with E-state index in [9.17, 15) is 0 Å². The largest absolute Gasteiger partial charge is 0.481 e. The molecule has 2 aromatic rings. The summed E-state index contributed by atoms with van der Waals surface area (Å²) in [5, 5.41) is 0. The molecule has 6 heteroatoms. The quantitative estimate of drug-likeness (QED) is 0.770. The van der Waals surface area contributed by atoms with E-state index in [0.717, 1.165) is 55.8 Å². The van der Waals surface area contributed by atoms with Crippen LogP contribution in [0.15, 0.2) is 12.1 Å². The summed E-state index contributed by atoms with van der Waals surface area (Å²) in [6.07, 6.45) is 4.40. The van der Waals surface area contributed by atoms with Crippen molar-refractivity contribution in [2.75, 3.05) is 19.6 Å². The number of pyridine rings is 1. The number of alkyl halides is 1. The molecule has 3 heterocycles. The van der Waals surface area contributed by atoms with Gasteiger partial charge in [0.2, 0.25) is 5.88 Å². The van der Waals surface area contributed by atoms with E-state index >= 15 is 0 Å². The average Bonchev–Trinajstić information content (AvgIpc) is 3.12. The Morgan fingerprint density at radius 1 is 1.43 bits per heavy atom. The summed E-state index contributed by atoms with van der Waals surface area (Å²) in [6, 6.07) is 3.78. The lowest BCUT2D eigenvalue weighted by molar-refractivity contribution is 0.100. The van der Waals surface area contributed by atoms with Gasteiger partial charge in [-0.2, -0.15) is 4.98 Å². The third-order valence-corrected chi connectivity index (χ3v) is 4.06. The molecule has 114 valence electrons. The maximum absolute atomic E-state index is 5.90. The molecule has 5 nitrogen and oxygen atoms in total. The van der Waals surface area contributed by atoms with Gasteiger partial charge in [-0.3, -0.25) is 0 Å². The first-order chi connectivity index (χ1) is 10.3. The van der Waals surface area contributed by atoms with Crippen molar-refractivity contribution in [3.05, 3.63) is 18.0 Å². The van der Waals surface area contributed by atoms with E-state index in [1.54, 1.807) is 7.11 Å². The average molecular weight is 310 g/mol. The van der Waals surface area contributed by atoms with Crippen molar-refractivity contribution < 1.29 is 9.47 Å². The summed E-state index contributed by atoms with van der Waals surface area (Å²) in [5.41, 5.74) is 1.76. The third kappa shape index (κ3) is 3.14. The Kier molecular flexibility index (Phi) is 4.60. The molecular formula is C15H20ClN3O2. The van der Waals surface area contributed by atoms with Gasteiger partial charge < -0.3 is 14.0 Å². The Morgan fingerprint density at radius 3 is 3.05 bits per heavy atom. The Balaban J connectivity index is 1.89. The minimum absolute atomic E-state index is 0.358. The predicted molar refractivity (Wildman–Crippen MR) is 82.1 cm³/mol. The maximum atomic E-state index is 5.90.